The van der Waals surface area contributed by atoms with E-state index in [9.17, 15) is 9.59 Å². The molecule has 72 valence electrons. The molecule has 5 nitrogen and oxygen atoms in total. The van der Waals surface area contributed by atoms with Gasteiger partial charge in [-0.3, -0.25) is 4.79 Å². The van der Waals surface area contributed by atoms with Gasteiger partial charge in [0.25, 0.3) is 0 Å². The average molecular weight is 184 g/mol. The van der Waals surface area contributed by atoms with Crippen LogP contribution in [-0.2, 0) is 9.59 Å². The van der Waals surface area contributed by atoms with Gasteiger partial charge in [-0.15, -0.1) is 0 Å². The molecule has 1 fully saturated rings. The van der Waals surface area contributed by atoms with Crippen molar-refractivity contribution in [2.24, 2.45) is 0 Å². The number of carbonyl (C=O) groups excluding carboxylic acids is 1. The van der Waals surface area contributed by atoms with Crippen LogP contribution in [0.25, 0.3) is 0 Å². The zero-order valence-corrected chi connectivity index (χ0v) is 7.36. The van der Waals surface area contributed by atoms with Crippen LogP contribution >= 0.6 is 0 Å². The van der Waals surface area contributed by atoms with Crippen molar-refractivity contribution in [3.8, 4) is 0 Å². The number of amides is 1. The lowest BCUT2D eigenvalue weighted by Crippen LogP contribution is -2.51. The molecule has 1 amide bonds. The van der Waals surface area contributed by atoms with Crippen molar-refractivity contribution < 1.29 is 14.7 Å². The molecule has 1 saturated heterocycles. The molecular weight excluding hydrogens is 172 g/mol. The van der Waals surface area contributed by atoms with Gasteiger partial charge in [-0.05, 0) is 6.92 Å². The molecule has 0 aromatic rings. The summed E-state index contributed by atoms with van der Waals surface area (Å²) in [4.78, 5) is 23.0. The fourth-order valence-electron chi connectivity index (χ4n) is 1.16. The van der Waals surface area contributed by atoms with Crippen LogP contribution in [0, 0.1) is 0 Å². The van der Waals surface area contributed by atoms with Crippen LogP contribution in [0.3, 0.4) is 0 Å². The van der Waals surface area contributed by atoms with Gasteiger partial charge in [-0.1, -0.05) is 0 Å². The number of piperazine rings is 1. The fourth-order valence-corrected chi connectivity index (χ4v) is 1.16. The minimum atomic E-state index is -1.00. The van der Waals surface area contributed by atoms with Crippen molar-refractivity contribution in [1.29, 1.82) is 0 Å². The maximum atomic E-state index is 11.1. The van der Waals surface area contributed by atoms with E-state index in [2.05, 4.69) is 5.32 Å². The molecule has 0 aromatic carbocycles. The second-order valence-corrected chi connectivity index (χ2v) is 2.86. The summed E-state index contributed by atoms with van der Waals surface area (Å²) in [6.07, 6.45) is 2.47. The standard InChI is InChI=1S/C8H12N2O3/c1-6-8(13)9-3-5-10(6)4-2-7(11)12/h2,4,6H,3,5H2,1H3,(H,9,13)(H,11,12)/b4-2+. The van der Waals surface area contributed by atoms with Crippen molar-refractivity contribution in [2.75, 3.05) is 13.1 Å². The highest BCUT2D eigenvalue weighted by Gasteiger charge is 2.22. The average Bonchev–Trinajstić information content (AvgIpc) is 2.07. The summed E-state index contributed by atoms with van der Waals surface area (Å²) in [6, 6.07) is -0.288. The number of nitrogens with one attached hydrogen (secondary N) is 1. The van der Waals surface area contributed by atoms with Gasteiger partial charge in [-0.2, -0.15) is 0 Å². The molecular formula is C8H12N2O3. The number of aliphatic carboxylic acids is 1. The zero-order chi connectivity index (χ0) is 9.84. The van der Waals surface area contributed by atoms with Crippen molar-refractivity contribution in [2.45, 2.75) is 13.0 Å². The van der Waals surface area contributed by atoms with E-state index in [1.165, 1.54) is 6.20 Å². The molecule has 0 aromatic heterocycles. The van der Waals surface area contributed by atoms with Gasteiger partial charge in [-0.25, -0.2) is 4.79 Å². The van der Waals surface area contributed by atoms with Crippen LogP contribution in [0.5, 0.6) is 0 Å². The first-order valence-electron chi connectivity index (χ1n) is 4.06. The molecule has 0 radical (unpaired) electrons. The zero-order valence-electron chi connectivity index (χ0n) is 7.36. The van der Waals surface area contributed by atoms with Gasteiger partial charge in [0.15, 0.2) is 0 Å². The maximum Gasteiger partial charge on any atom is 0.329 e. The van der Waals surface area contributed by atoms with Gasteiger partial charge < -0.3 is 15.3 Å². The highest BCUT2D eigenvalue weighted by molar-refractivity contribution is 5.83. The third kappa shape index (κ3) is 2.47. The second kappa shape index (κ2) is 3.93. The van der Waals surface area contributed by atoms with Crippen LogP contribution in [0.2, 0.25) is 0 Å². The van der Waals surface area contributed by atoms with E-state index in [1.807, 2.05) is 0 Å². The molecule has 0 bridgehead atoms. The molecule has 1 unspecified atom stereocenters. The molecule has 1 aliphatic rings. The Morgan fingerprint density at radius 3 is 3.08 bits per heavy atom. The summed E-state index contributed by atoms with van der Waals surface area (Å²) in [5, 5.41) is 11.1. The lowest BCUT2D eigenvalue weighted by Gasteiger charge is -2.31. The summed E-state index contributed by atoms with van der Waals surface area (Å²) in [5.74, 6) is -1.07. The van der Waals surface area contributed by atoms with Crippen molar-refractivity contribution in [3.05, 3.63) is 12.3 Å². The van der Waals surface area contributed by atoms with Gasteiger partial charge in [0.2, 0.25) is 5.91 Å². The van der Waals surface area contributed by atoms with E-state index in [-0.39, 0.29) is 11.9 Å². The Labute approximate surface area is 76.0 Å². The van der Waals surface area contributed by atoms with Gasteiger partial charge >= 0.3 is 5.97 Å². The van der Waals surface area contributed by atoms with Gasteiger partial charge in [0.1, 0.15) is 6.04 Å². The molecule has 0 saturated carbocycles. The number of rotatable bonds is 2. The number of nitrogens with zero attached hydrogens (tertiary/aromatic N) is 1. The quantitative estimate of drug-likeness (QED) is 0.562. The summed E-state index contributed by atoms with van der Waals surface area (Å²) in [5.41, 5.74) is 0. The Bertz CT molecular complexity index is 250. The van der Waals surface area contributed by atoms with Crippen LogP contribution in [0.4, 0.5) is 0 Å². The van der Waals surface area contributed by atoms with Crippen LogP contribution < -0.4 is 5.32 Å². The molecule has 13 heavy (non-hydrogen) atoms. The number of carboxylic acid groups (broad SMARTS) is 1. The molecule has 1 rings (SSSR count). The smallest absolute Gasteiger partial charge is 0.329 e. The Hall–Kier alpha value is -1.52. The molecule has 1 atom stereocenters. The van der Waals surface area contributed by atoms with E-state index < -0.39 is 5.97 Å². The highest BCUT2D eigenvalue weighted by Crippen LogP contribution is 2.03. The fraction of sp³-hybridized carbons (Fsp3) is 0.500. The molecule has 2 N–H and O–H groups in total. The van der Waals surface area contributed by atoms with Crippen LogP contribution in [0.1, 0.15) is 6.92 Å². The highest BCUT2D eigenvalue weighted by atomic mass is 16.4. The number of carbonyl (C=O) groups is 2. The number of carboxylic acids is 1. The molecule has 5 heteroatoms. The minimum absolute atomic E-state index is 0.0683. The van der Waals surface area contributed by atoms with E-state index in [0.29, 0.717) is 13.1 Å². The molecule has 1 aliphatic heterocycles. The normalized spacial score (nSPS) is 23.3. The van der Waals surface area contributed by atoms with Gasteiger partial charge in [0, 0.05) is 25.4 Å². The Kier molecular flexibility index (Phi) is 2.89. The monoisotopic (exact) mass is 184 g/mol. The first kappa shape index (κ1) is 9.57. The van der Waals surface area contributed by atoms with E-state index in [1.54, 1.807) is 11.8 Å². The van der Waals surface area contributed by atoms with Crippen LogP contribution in [0.15, 0.2) is 12.3 Å². The largest absolute Gasteiger partial charge is 0.478 e. The van der Waals surface area contributed by atoms with Crippen molar-refractivity contribution >= 4 is 11.9 Å². The molecule has 0 spiro atoms. The van der Waals surface area contributed by atoms with Gasteiger partial charge in [0.05, 0.1) is 0 Å². The number of hydrogen-bond acceptors (Lipinski definition) is 3. The second-order valence-electron chi connectivity index (χ2n) is 2.86. The predicted octanol–water partition coefficient (Wildman–Crippen LogP) is -0.595. The molecule has 0 aliphatic carbocycles. The first-order valence-corrected chi connectivity index (χ1v) is 4.06. The Morgan fingerprint density at radius 2 is 2.46 bits per heavy atom. The van der Waals surface area contributed by atoms with Crippen molar-refractivity contribution in [3.63, 3.8) is 0 Å². The topological polar surface area (TPSA) is 69.6 Å². The third-order valence-corrected chi connectivity index (χ3v) is 1.95. The number of hydrogen-bond donors (Lipinski definition) is 2. The maximum absolute atomic E-state index is 11.1. The third-order valence-electron chi connectivity index (χ3n) is 1.95. The van der Waals surface area contributed by atoms with Crippen molar-refractivity contribution in [1.82, 2.24) is 10.2 Å². The Balaban J connectivity index is 2.58. The first-order chi connectivity index (χ1) is 6.11. The predicted molar refractivity (Wildman–Crippen MR) is 46.0 cm³/mol. The summed E-state index contributed by atoms with van der Waals surface area (Å²) < 4.78 is 0. The summed E-state index contributed by atoms with van der Waals surface area (Å²) >= 11 is 0. The van der Waals surface area contributed by atoms with E-state index in [0.717, 1.165) is 6.08 Å². The Morgan fingerprint density at radius 1 is 1.77 bits per heavy atom. The van der Waals surface area contributed by atoms with E-state index in [4.69, 9.17) is 5.11 Å². The molecule has 1 heterocycles. The SMILES string of the molecule is CC1C(=O)NCCN1/C=C/C(=O)O. The lowest BCUT2D eigenvalue weighted by atomic mass is 10.2. The van der Waals surface area contributed by atoms with E-state index >= 15 is 0 Å². The summed E-state index contributed by atoms with van der Waals surface area (Å²) in [7, 11) is 0. The summed E-state index contributed by atoms with van der Waals surface area (Å²) in [6.45, 7) is 2.95. The lowest BCUT2D eigenvalue weighted by molar-refractivity contribution is -0.132. The van der Waals surface area contributed by atoms with Crippen LogP contribution in [-0.4, -0.2) is 41.0 Å². The minimum Gasteiger partial charge on any atom is -0.478 e.